The number of ether oxygens (including phenoxy) is 1. The van der Waals surface area contributed by atoms with Crippen LogP contribution in [0.2, 0.25) is 0 Å². The molecule has 0 atom stereocenters. The van der Waals surface area contributed by atoms with E-state index in [0.29, 0.717) is 39.3 Å². The molecule has 3 N–H and O–H groups in total. The number of aromatic nitrogens is 2. The van der Waals surface area contributed by atoms with Gasteiger partial charge in [-0.3, -0.25) is 10.1 Å². The molecule has 0 bridgehead atoms. The van der Waals surface area contributed by atoms with Crippen molar-refractivity contribution < 1.29 is 13.9 Å². The summed E-state index contributed by atoms with van der Waals surface area (Å²) in [5, 5.41) is 12.5. The van der Waals surface area contributed by atoms with Crippen molar-refractivity contribution in [2.24, 2.45) is 7.05 Å². The van der Waals surface area contributed by atoms with Crippen molar-refractivity contribution in [2.75, 3.05) is 26.9 Å². The Balaban J connectivity index is 2.28. The number of nitrogens with two attached hydrogens (primary N) is 1. The summed E-state index contributed by atoms with van der Waals surface area (Å²) in [5.74, 6) is -0.273. The molecule has 32 heavy (non-hydrogen) atoms. The van der Waals surface area contributed by atoms with Gasteiger partial charge >= 0.3 is 5.97 Å². The van der Waals surface area contributed by atoms with E-state index in [1.54, 1.807) is 80.1 Å². The third kappa shape index (κ3) is 4.39. The van der Waals surface area contributed by atoms with Crippen LogP contribution in [0.15, 0.2) is 48.5 Å². The normalized spacial score (nSPS) is 11.4. The van der Waals surface area contributed by atoms with Crippen LogP contribution in [0.25, 0.3) is 28.0 Å². The van der Waals surface area contributed by atoms with Crippen molar-refractivity contribution in [2.45, 2.75) is 6.92 Å². The number of nitrogens with zero attached hydrogens (tertiary/aromatic N) is 3. The largest absolute Gasteiger partial charge is 0.465 e. The predicted octanol–water partition coefficient (Wildman–Crippen LogP) is 4.20. The van der Waals surface area contributed by atoms with Gasteiger partial charge in [0.1, 0.15) is 17.5 Å². The molecular weight excluding hydrogens is 409 g/mol. The zero-order chi connectivity index (χ0) is 23.6. The van der Waals surface area contributed by atoms with E-state index >= 15 is 4.39 Å². The van der Waals surface area contributed by atoms with Crippen LogP contribution in [-0.2, 0) is 11.8 Å². The highest BCUT2D eigenvalue weighted by atomic mass is 19.1. The number of hydrogen-bond acceptors (Lipinski definition) is 5. The van der Waals surface area contributed by atoms with E-state index in [2.05, 4.69) is 5.10 Å². The Bertz CT molecular complexity index is 1210. The van der Waals surface area contributed by atoms with Gasteiger partial charge in [0, 0.05) is 38.3 Å². The lowest BCUT2D eigenvalue weighted by Crippen LogP contribution is -2.18. The molecule has 7 nitrogen and oxygen atoms in total. The second kappa shape index (κ2) is 9.05. The summed E-state index contributed by atoms with van der Waals surface area (Å²) in [6, 6.07) is 11.6. The summed E-state index contributed by atoms with van der Waals surface area (Å²) < 4.78 is 21.6. The number of aryl methyl sites for hydroxylation is 1. The first kappa shape index (κ1) is 22.7. The molecule has 0 aliphatic heterocycles. The van der Waals surface area contributed by atoms with Gasteiger partial charge < -0.3 is 15.4 Å². The Hall–Kier alpha value is -3.94. The van der Waals surface area contributed by atoms with E-state index in [4.69, 9.17) is 15.9 Å². The Morgan fingerprint density at radius 3 is 2.53 bits per heavy atom. The number of halogens is 1. The summed E-state index contributed by atoms with van der Waals surface area (Å²) in [7, 11) is 6.52. The van der Waals surface area contributed by atoms with E-state index in [1.807, 2.05) is 0 Å². The molecule has 0 spiro atoms. The van der Waals surface area contributed by atoms with Gasteiger partial charge in [-0.1, -0.05) is 18.2 Å². The summed E-state index contributed by atoms with van der Waals surface area (Å²) in [5.41, 5.74) is 9.44. The molecule has 0 aliphatic carbocycles. The monoisotopic (exact) mass is 435 g/mol. The zero-order valence-electron chi connectivity index (χ0n) is 18.7. The number of carbonyl (C=O) groups excluding carboxylic acids is 1. The highest BCUT2D eigenvalue weighted by Gasteiger charge is 2.20. The lowest BCUT2D eigenvalue weighted by molar-refractivity contribution is 0.0601. The smallest absolute Gasteiger partial charge is 0.338 e. The molecule has 0 saturated carbocycles. The Kier molecular flexibility index (Phi) is 6.43. The molecule has 1 aromatic heterocycles. The van der Waals surface area contributed by atoms with Crippen molar-refractivity contribution in [1.29, 1.82) is 5.41 Å². The first-order chi connectivity index (χ1) is 15.1. The average Bonchev–Trinajstić information content (AvgIpc) is 3.10. The number of carbonyl (C=O) groups is 1. The highest BCUT2D eigenvalue weighted by Crippen LogP contribution is 2.36. The van der Waals surface area contributed by atoms with Gasteiger partial charge in [0.2, 0.25) is 0 Å². The number of esters is 1. The summed E-state index contributed by atoms with van der Waals surface area (Å²) >= 11 is 0. The number of methoxy groups -OCH3 is 1. The molecule has 8 heteroatoms. The number of nitrogens with one attached hydrogen (secondary N) is 1. The van der Waals surface area contributed by atoms with Gasteiger partial charge in [-0.25, -0.2) is 9.18 Å². The molecule has 1 heterocycles. The Labute approximate surface area is 186 Å². The first-order valence-electron chi connectivity index (χ1n) is 9.89. The lowest BCUT2D eigenvalue weighted by atomic mass is 9.90. The van der Waals surface area contributed by atoms with Crippen LogP contribution in [0.3, 0.4) is 0 Å². The average molecular weight is 436 g/mol. The summed E-state index contributed by atoms with van der Waals surface area (Å²) in [4.78, 5) is 14.2. The maximum absolute atomic E-state index is 15.1. The summed E-state index contributed by atoms with van der Waals surface area (Å²) in [6.45, 7) is 1.74. The number of anilines is 1. The second-order valence-corrected chi connectivity index (χ2v) is 7.60. The molecule has 0 aliphatic rings. The lowest BCUT2D eigenvalue weighted by Gasteiger charge is -2.17. The minimum atomic E-state index is -0.537. The maximum Gasteiger partial charge on any atom is 0.338 e. The fourth-order valence-electron chi connectivity index (χ4n) is 3.39. The fourth-order valence-corrected chi connectivity index (χ4v) is 3.39. The van der Waals surface area contributed by atoms with E-state index in [0.717, 1.165) is 5.56 Å². The molecule has 3 aromatic rings. The number of rotatable bonds is 5. The zero-order valence-corrected chi connectivity index (χ0v) is 18.7. The standard InChI is InChI=1S/C24H26FN5O2/c1-14(11-21(26)29(2)3)23-16(7-6-8-19(23)25)18-12-15(9-10-17(18)24(31)32-5)20-13-22(27)30(4)28-20/h6-13,26H,27H2,1-5H3/b14-11+,26-21?. The van der Waals surface area contributed by atoms with Crippen LogP contribution < -0.4 is 5.73 Å². The third-order valence-corrected chi connectivity index (χ3v) is 5.17. The van der Waals surface area contributed by atoms with Crippen molar-refractivity contribution in [3.63, 3.8) is 0 Å². The Morgan fingerprint density at radius 1 is 1.22 bits per heavy atom. The van der Waals surface area contributed by atoms with E-state index in [-0.39, 0.29) is 5.84 Å². The Morgan fingerprint density at radius 2 is 1.94 bits per heavy atom. The van der Waals surface area contributed by atoms with Crippen LogP contribution in [0.1, 0.15) is 22.8 Å². The van der Waals surface area contributed by atoms with Crippen LogP contribution >= 0.6 is 0 Å². The molecule has 0 fully saturated rings. The van der Waals surface area contributed by atoms with Gasteiger partial charge in [0.25, 0.3) is 0 Å². The number of nitrogen functional groups attached to an aromatic ring is 1. The number of amidine groups is 1. The van der Waals surface area contributed by atoms with Crippen LogP contribution in [0.4, 0.5) is 10.2 Å². The number of allylic oxidation sites excluding steroid dienone is 1. The highest BCUT2D eigenvalue weighted by molar-refractivity contribution is 6.02. The third-order valence-electron chi connectivity index (χ3n) is 5.17. The molecule has 0 radical (unpaired) electrons. The van der Waals surface area contributed by atoms with Crippen LogP contribution in [0.5, 0.6) is 0 Å². The van der Waals surface area contributed by atoms with Crippen molar-refractivity contribution >= 4 is 23.2 Å². The van der Waals surface area contributed by atoms with E-state index in [9.17, 15) is 4.79 Å². The molecule has 0 saturated heterocycles. The van der Waals surface area contributed by atoms with Crippen molar-refractivity contribution in [1.82, 2.24) is 14.7 Å². The second-order valence-electron chi connectivity index (χ2n) is 7.60. The molecule has 2 aromatic carbocycles. The van der Waals surface area contributed by atoms with Gasteiger partial charge in [-0.2, -0.15) is 5.10 Å². The van der Waals surface area contributed by atoms with Crippen LogP contribution in [0, 0.1) is 11.2 Å². The van der Waals surface area contributed by atoms with E-state index in [1.165, 1.54) is 13.2 Å². The van der Waals surface area contributed by atoms with E-state index < -0.39 is 11.8 Å². The number of likely N-dealkylation sites (N-methyl/N-ethyl adjacent to an activating group) is 1. The van der Waals surface area contributed by atoms with Gasteiger partial charge in [-0.15, -0.1) is 0 Å². The molecule has 166 valence electrons. The van der Waals surface area contributed by atoms with Gasteiger partial charge in [0.15, 0.2) is 0 Å². The predicted molar refractivity (Wildman–Crippen MR) is 125 cm³/mol. The molecule has 0 unspecified atom stereocenters. The minimum Gasteiger partial charge on any atom is -0.465 e. The number of benzene rings is 2. The topological polar surface area (TPSA) is 97.2 Å². The van der Waals surface area contributed by atoms with Crippen molar-refractivity contribution in [3.05, 3.63) is 65.5 Å². The maximum atomic E-state index is 15.1. The molecule has 3 rings (SSSR count). The number of hydrogen-bond donors (Lipinski definition) is 2. The SMILES string of the molecule is COC(=O)c1ccc(-c2cc(N)n(C)n2)cc1-c1cccc(F)c1/C(C)=C/C(=N)N(C)C. The minimum absolute atomic E-state index is 0.225. The van der Waals surface area contributed by atoms with Gasteiger partial charge in [0.05, 0.1) is 18.4 Å². The fraction of sp³-hybridized carbons (Fsp3) is 0.208. The molecule has 0 amide bonds. The quantitative estimate of drug-likeness (QED) is 0.356. The summed E-state index contributed by atoms with van der Waals surface area (Å²) in [6.07, 6.45) is 1.59. The first-order valence-corrected chi connectivity index (χ1v) is 9.89. The van der Waals surface area contributed by atoms with Crippen molar-refractivity contribution in [3.8, 4) is 22.4 Å². The van der Waals surface area contributed by atoms with Gasteiger partial charge in [-0.05, 0) is 47.9 Å². The van der Waals surface area contributed by atoms with Crippen LogP contribution in [-0.4, -0.2) is 47.7 Å². The molecular formula is C24H26FN5O2.